The van der Waals surface area contributed by atoms with Gasteiger partial charge in [0.05, 0.1) is 16.8 Å². The lowest BCUT2D eigenvalue weighted by Gasteiger charge is -2.42. The third kappa shape index (κ3) is 7.86. The van der Waals surface area contributed by atoms with Crippen LogP contribution in [0.3, 0.4) is 0 Å². The number of halogens is 6. The van der Waals surface area contributed by atoms with Crippen LogP contribution >= 0.6 is 0 Å². The Morgan fingerprint density at radius 2 is 1.53 bits per heavy atom. The summed E-state index contributed by atoms with van der Waals surface area (Å²) in [6, 6.07) is 18.2. The summed E-state index contributed by atoms with van der Waals surface area (Å²) in [5.41, 5.74) is 1.85. The second-order valence-electron chi connectivity index (χ2n) is 11.4. The Morgan fingerprint density at radius 3 is 2.11 bits per heavy atom. The number of hydrogen-bond acceptors (Lipinski definition) is 3. The first-order valence-corrected chi connectivity index (χ1v) is 14.5. The first kappa shape index (κ1) is 32.1. The third-order valence-electron chi connectivity index (χ3n) is 8.11. The summed E-state index contributed by atoms with van der Waals surface area (Å²) in [6.45, 7) is 6.11. The minimum Gasteiger partial charge on any atom is -0.342 e. The maximum atomic E-state index is 13.6. The molecule has 1 aliphatic heterocycles. The predicted molar refractivity (Wildman–Crippen MR) is 159 cm³/mol. The van der Waals surface area contributed by atoms with E-state index in [4.69, 9.17) is 0 Å². The summed E-state index contributed by atoms with van der Waals surface area (Å²) < 4.78 is 78.0. The van der Waals surface area contributed by atoms with Gasteiger partial charge in [-0.15, -0.1) is 0 Å². The maximum Gasteiger partial charge on any atom is 0.416 e. The number of nitrogens with zero attached hydrogens (tertiary/aromatic N) is 3. The molecular formula is C33H33F6N5O. The summed E-state index contributed by atoms with van der Waals surface area (Å²) in [4.78, 5) is 25.4. The van der Waals surface area contributed by atoms with Gasteiger partial charge in [-0.2, -0.15) is 26.3 Å². The Kier molecular flexibility index (Phi) is 9.24. The van der Waals surface area contributed by atoms with Gasteiger partial charge in [-0.25, -0.2) is 9.78 Å². The van der Waals surface area contributed by atoms with E-state index in [9.17, 15) is 31.1 Å². The van der Waals surface area contributed by atoms with E-state index >= 15 is 0 Å². The van der Waals surface area contributed by atoms with Crippen LogP contribution in [0.2, 0.25) is 0 Å². The highest BCUT2D eigenvalue weighted by Gasteiger charge is 2.35. The molecule has 1 aliphatic rings. The summed E-state index contributed by atoms with van der Waals surface area (Å²) >= 11 is 0. The number of amides is 2. The highest BCUT2D eigenvalue weighted by atomic mass is 19.4. The molecule has 0 radical (unpaired) electrons. The van der Waals surface area contributed by atoms with Crippen LogP contribution in [0, 0.1) is 12.8 Å². The molecule has 45 heavy (non-hydrogen) atoms. The van der Waals surface area contributed by atoms with Gasteiger partial charge in [-0.05, 0) is 61.2 Å². The Morgan fingerprint density at radius 1 is 0.933 bits per heavy atom. The molecule has 2 atom stereocenters. The molecule has 6 nitrogen and oxygen atoms in total. The van der Waals surface area contributed by atoms with E-state index in [0.29, 0.717) is 44.0 Å². The Hall–Kier alpha value is -4.32. The number of aromatic nitrogens is 2. The SMILES string of the molecule is Cc1[nH]c(-c2ccc(C(F)(F)F)cc2)nc1CN1CCC(N(Cc2ccccc2)C(=O)Nc2ccc(C(F)(F)F)cc2)C(C)C1. The van der Waals surface area contributed by atoms with Gasteiger partial charge >= 0.3 is 18.4 Å². The number of urea groups is 1. The number of carbonyl (C=O) groups excluding carboxylic acids is 1. The highest BCUT2D eigenvalue weighted by Crippen LogP contribution is 2.32. The van der Waals surface area contributed by atoms with E-state index in [1.54, 1.807) is 4.90 Å². The van der Waals surface area contributed by atoms with Crippen molar-refractivity contribution in [2.75, 3.05) is 18.4 Å². The second kappa shape index (κ2) is 13.0. The molecule has 1 fully saturated rings. The molecule has 4 aromatic rings. The van der Waals surface area contributed by atoms with Gasteiger partial charge < -0.3 is 15.2 Å². The zero-order valence-electron chi connectivity index (χ0n) is 24.7. The number of aryl methyl sites for hydroxylation is 1. The number of piperidine rings is 1. The number of anilines is 1. The topological polar surface area (TPSA) is 64.3 Å². The predicted octanol–water partition coefficient (Wildman–Crippen LogP) is 8.37. The van der Waals surface area contributed by atoms with Crippen molar-refractivity contribution in [2.45, 2.75) is 51.8 Å². The number of imidazole rings is 1. The summed E-state index contributed by atoms with van der Waals surface area (Å²) in [5.74, 6) is 0.544. The first-order valence-electron chi connectivity index (χ1n) is 14.5. The normalized spacial score (nSPS) is 17.7. The fourth-order valence-corrected chi connectivity index (χ4v) is 5.70. The van der Waals surface area contributed by atoms with Crippen molar-refractivity contribution in [2.24, 2.45) is 5.92 Å². The monoisotopic (exact) mass is 629 g/mol. The summed E-state index contributed by atoms with van der Waals surface area (Å²) in [6.07, 6.45) is -8.22. The molecule has 0 saturated carbocycles. The van der Waals surface area contributed by atoms with Crippen molar-refractivity contribution in [3.63, 3.8) is 0 Å². The summed E-state index contributed by atoms with van der Waals surface area (Å²) in [5, 5.41) is 2.78. The number of nitrogens with one attached hydrogen (secondary N) is 2. The maximum absolute atomic E-state index is 13.6. The van der Waals surface area contributed by atoms with Gasteiger partial charge in [-0.3, -0.25) is 4.90 Å². The standard InChI is InChI=1S/C33H33F6N5O/c1-21-18-43(20-28-22(2)40-30(42-28)24-8-10-25(11-9-24)32(34,35)36)17-16-29(21)44(19-23-6-4-3-5-7-23)31(45)41-27-14-12-26(13-15-27)33(37,38)39/h3-15,21,29H,16-20H2,1-2H3,(H,40,42)(H,41,45). The number of alkyl halides is 6. The first-order chi connectivity index (χ1) is 21.3. The van der Waals surface area contributed by atoms with E-state index in [-0.39, 0.29) is 17.6 Å². The number of carbonyl (C=O) groups is 1. The smallest absolute Gasteiger partial charge is 0.342 e. The van der Waals surface area contributed by atoms with Crippen LogP contribution in [0.4, 0.5) is 36.8 Å². The minimum absolute atomic E-state index is 0.0504. The fraction of sp³-hybridized carbons (Fsp3) is 0.333. The largest absolute Gasteiger partial charge is 0.416 e. The average Bonchev–Trinajstić information content (AvgIpc) is 3.36. The van der Waals surface area contributed by atoms with Crippen LogP contribution in [-0.2, 0) is 25.4 Å². The van der Waals surface area contributed by atoms with Crippen LogP contribution < -0.4 is 5.32 Å². The second-order valence-corrected chi connectivity index (χ2v) is 11.4. The van der Waals surface area contributed by atoms with Crippen LogP contribution in [0.5, 0.6) is 0 Å². The van der Waals surface area contributed by atoms with E-state index in [0.717, 1.165) is 41.2 Å². The van der Waals surface area contributed by atoms with Gasteiger partial charge in [0, 0.05) is 49.2 Å². The molecule has 2 amide bonds. The molecule has 12 heteroatoms. The van der Waals surface area contributed by atoms with Crippen molar-refractivity contribution < 1.29 is 31.1 Å². The van der Waals surface area contributed by atoms with Crippen molar-refractivity contribution in [3.8, 4) is 11.4 Å². The van der Waals surface area contributed by atoms with Crippen LogP contribution in [0.15, 0.2) is 78.9 Å². The zero-order valence-corrected chi connectivity index (χ0v) is 24.7. The van der Waals surface area contributed by atoms with Gasteiger partial charge in [0.15, 0.2) is 0 Å². The molecule has 1 aromatic heterocycles. The van der Waals surface area contributed by atoms with Gasteiger partial charge in [0.25, 0.3) is 0 Å². The summed E-state index contributed by atoms with van der Waals surface area (Å²) in [7, 11) is 0. The molecule has 0 spiro atoms. The molecule has 2 N–H and O–H groups in total. The number of hydrogen-bond donors (Lipinski definition) is 2. The van der Waals surface area contributed by atoms with E-state index in [1.807, 2.05) is 37.3 Å². The lowest BCUT2D eigenvalue weighted by molar-refractivity contribution is -0.138. The number of benzene rings is 3. The molecule has 0 bridgehead atoms. The molecule has 1 saturated heterocycles. The van der Waals surface area contributed by atoms with Crippen molar-refractivity contribution in [1.82, 2.24) is 19.8 Å². The number of aromatic amines is 1. The quantitative estimate of drug-likeness (QED) is 0.202. The molecule has 2 unspecified atom stereocenters. The molecule has 5 rings (SSSR count). The van der Waals surface area contributed by atoms with Gasteiger partial charge in [0.2, 0.25) is 0 Å². The van der Waals surface area contributed by atoms with Gasteiger partial charge in [-0.1, -0.05) is 49.4 Å². The van der Waals surface area contributed by atoms with Crippen molar-refractivity contribution in [1.29, 1.82) is 0 Å². The van der Waals surface area contributed by atoms with Crippen LogP contribution in [-0.4, -0.2) is 44.9 Å². The lowest BCUT2D eigenvalue weighted by Crippen LogP contribution is -2.52. The van der Waals surface area contributed by atoms with Crippen LogP contribution in [0.25, 0.3) is 11.4 Å². The average molecular weight is 630 g/mol. The zero-order chi connectivity index (χ0) is 32.4. The van der Waals surface area contributed by atoms with Crippen molar-refractivity contribution in [3.05, 3.63) is 107 Å². The Balaban J connectivity index is 1.27. The molecule has 238 valence electrons. The lowest BCUT2D eigenvalue weighted by atomic mass is 9.92. The van der Waals surface area contributed by atoms with Gasteiger partial charge in [0.1, 0.15) is 5.82 Å². The third-order valence-corrected chi connectivity index (χ3v) is 8.11. The van der Waals surface area contributed by atoms with Crippen molar-refractivity contribution >= 4 is 11.7 Å². The molecule has 3 aromatic carbocycles. The molecule has 2 heterocycles. The number of H-pyrrole nitrogens is 1. The highest BCUT2D eigenvalue weighted by molar-refractivity contribution is 5.89. The van der Waals surface area contributed by atoms with E-state index in [1.165, 1.54) is 24.3 Å². The Labute approximate surface area is 257 Å². The van der Waals surface area contributed by atoms with E-state index < -0.39 is 29.5 Å². The minimum atomic E-state index is -4.47. The fourth-order valence-electron chi connectivity index (χ4n) is 5.70. The Bertz CT molecular complexity index is 1580. The molecule has 0 aliphatic carbocycles. The number of rotatable bonds is 7. The molecular weight excluding hydrogens is 596 g/mol. The van der Waals surface area contributed by atoms with E-state index in [2.05, 4.69) is 27.1 Å². The number of likely N-dealkylation sites (tertiary alicyclic amines) is 1. The van der Waals surface area contributed by atoms with Crippen LogP contribution in [0.1, 0.15) is 41.4 Å².